The molecule has 10 heteroatoms. The fourth-order valence-corrected chi connectivity index (χ4v) is 4.12. The highest BCUT2D eigenvalue weighted by Crippen LogP contribution is 2.35. The van der Waals surface area contributed by atoms with Crippen LogP contribution in [0.2, 0.25) is 0 Å². The van der Waals surface area contributed by atoms with Crippen LogP contribution in [0.5, 0.6) is 11.5 Å². The SMILES string of the molecule is CC(OC(=O)NC1C[C@@H](O)O[C@@H](C)C1O)c1ccc([N+](=O)[O-])c(Oc2ccc(-c3ccccc3)cc2)c1. The summed E-state index contributed by atoms with van der Waals surface area (Å²) in [7, 11) is 0. The average Bonchev–Trinajstić information content (AvgIpc) is 2.87. The molecule has 3 aromatic carbocycles. The predicted octanol–water partition coefficient (Wildman–Crippen LogP) is 4.70. The maximum absolute atomic E-state index is 12.4. The minimum atomic E-state index is -1.11. The molecule has 0 spiro atoms. The van der Waals surface area contributed by atoms with Crippen LogP contribution >= 0.6 is 0 Å². The van der Waals surface area contributed by atoms with Crippen LogP contribution in [0.3, 0.4) is 0 Å². The number of rotatable bonds is 7. The second-order valence-corrected chi connectivity index (χ2v) is 8.80. The molecular formula is C27H28N2O8. The molecule has 4 rings (SSSR count). The van der Waals surface area contributed by atoms with Gasteiger partial charge < -0.3 is 29.7 Å². The number of aliphatic hydroxyl groups excluding tert-OH is 2. The Labute approximate surface area is 213 Å². The number of nitrogens with one attached hydrogen (secondary N) is 1. The molecule has 1 saturated heterocycles. The molecule has 194 valence electrons. The number of carbonyl (C=O) groups is 1. The molecule has 3 aromatic rings. The molecule has 1 amide bonds. The third-order valence-electron chi connectivity index (χ3n) is 6.15. The molecule has 5 atom stereocenters. The van der Waals surface area contributed by atoms with Crippen LogP contribution in [-0.2, 0) is 9.47 Å². The van der Waals surface area contributed by atoms with Gasteiger partial charge in [0.15, 0.2) is 6.29 Å². The molecule has 1 aliphatic rings. The summed E-state index contributed by atoms with van der Waals surface area (Å²) in [5, 5.41) is 34.1. The van der Waals surface area contributed by atoms with Crippen LogP contribution in [0.4, 0.5) is 10.5 Å². The molecule has 1 heterocycles. The Balaban J connectivity index is 1.46. The van der Waals surface area contributed by atoms with Crippen molar-refractivity contribution in [3.63, 3.8) is 0 Å². The molecule has 0 radical (unpaired) electrons. The van der Waals surface area contributed by atoms with E-state index in [1.165, 1.54) is 18.2 Å². The van der Waals surface area contributed by atoms with Gasteiger partial charge in [-0.15, -0.1) is 0 Å². The summed E-state index contributed by atoms with van der Waals surface area (Å²) in [6.07, 6.45) is -4.38. The van der Waals surface area contributed by atoms with Gasteiger partial charge in [-0.25, -0.2) is 4.79 Å². The molecule has 37 heavy (non-hydrogen) atoms. The molecule has 10 nitrogen and oxygen atoms in total. The van der Waals surface area contributed by atoms with Crippen LogP contribution in [0, 0.1) is 10.1 Å². The van der Waals surface area contributed by atoms with Crippen molar-refractivity contribution in [1.29, 1.82) is 0 Å². The summed E-state index contributed by atoms with van der Waals surface area (Å²) in [5.41, 5.74) is 2.24. The Morgan fingerprint density at radius 2 is 1.76 bits per heavy atom. The van der Waals surface area contributed by atoms with Gasteiger partial charge >= 0.3 is 11.8 Å². The Hall–Kier alpha value is -3.99. The van der Waals surface area contributed by atoms with Gasteiger partial charge in [-0.05, 0) is 54.8 Å². The van der Waals surface area contributed by atoms with E-state index in [0.717, 1.165) is 11.1 Å². The van der Waals surface area contributed by atoms with E-state index >= 15 is 0 Å². The van der Waals surface area contributed by atoms with E-state index in [4.69, 9.17) is 14.2 Å². The van der Waals surface area contributed by atoms with Crippen molar-refractivity contribution >= 4 is 11.8 Å². The quantitative estimate of drug-likeness (QED) is 0.308. The number of aliphatic hydroxyl groups is 2. The van der Waals surface area contributed by atoms with Gasteiger partial charge in [0.05, 0.1) is 17.1 Å². The number of alkyl carbamates (subject to hydrolysis) is 1. The highest BCUT2D eigenvalue weighted by molar-refractivity contribution is 5.68. The molecule has 1 aliphatic heterocycles. The van der Waals surface area contributed by atoms with E-state index in [1.54, 1.807) is 26.0 Å². The summed E-state index contributed by atoms with van der Waals surface area (Å²) in [4.78, 5) is 23.5. The maximum atomic E-state index is 12.4. The first-order valence-electron chi connectivity index (χ1n) is 11.8. The van der Waals surface area contributed by atoms with Gasteiger partial charge in [-0.3, -0.25) is 10.1 Å². The number of ether oxygens (including phenoxy) is 3. The van der Waals surface area contributed by atoms with Crippen LogP contribution in [0.25, 0.3) is 11.1 Å². The smallest absolute Gasteiger partial charge is 0.408 e. The fraction of sp³-hybridized carbons (Fsp3) is 0.296. The van der Waals surface area contributed by atoms with Gasteiger partial charge in [0.25, 0.3) is 0 Å². The van der Waals surface area contributed by atoms with Crippen molar-refractivity contribution in [2.75, 3.05) is 0 Å². The molecule has 3 unspecified atom stereocenters. The van der Waals surface area contributed by atoms with Gasteiger partial charge in [-0.1, -0.05) is 42.5 Å². The predicted molar refractivity (Wildman–Crippen MR) is 134 cm³/mol. The van der Waals surface area contributed by atoms with Crippen molar-refractivity contribution in [2.24, 2.45) is 0 Å². The van der Waals surface area contributed by atoms with E-state index in [2.05, 4.69) is 5.32 Å². The number of hydrogen-bond acceptors (Lipinski definition) is 8. The van der Waals surface area contributed by atoms with Crippen LogP contribution in [0.15, 0.2) is 72.8 Å². The number of carbonyl (C=O) groups excluding carboxylic acids is 1. The standard InChI is InChI=1S/C27H28N2O8/c1-16(36-27(32)28-22-15-25(30)35-17(2)26(22)31)20-10-13-23(29(33)34)24(14-20)37-21-11-8-19(9-12-21)18-6-4-3-5-7-18/h3-14,16-17,22,25-26,30-31H,15H2,1-2H3,(H,28,32)/t16?,17-,22?,25-,26?/m0/s1. The van der Waals surface area contributed by atoms with Crippen LogP contribution in [0.1, 0.15) is 31.9 Å². The zero-order valence-electron chi connectivity index (χ0n) is 20.3. The average molecular weight is 509 g/mol. The Kier molecular flexibility index (Phi) is 8.02. The van der Waals surface area contributed by atoms with E-state index < -0.39 is 41.7 Å². The van der Waals surface area contributed by atoms with Gasteiger partial charge in [0, 0.05) is 12.5 Å². The van der Waals surface area contributed by atoms with E-state index in [1.807, 2.05) is 42.5 Å². The second kappa shape index (κ2) is 11.4. The first-order valence-corrected chi connectivity index (χ1v) is 11.8. The lowest BCUT2D eigenvalue weighted by Crippen LogP contribution is -2.54. The number of nitro groups is 1. The largest absolute Gasteiger partial charge is 0.450 e. The lowest BCUT2D eigenvalue weighted by Gasteiger charge is -2.36. The number of hydrogen-bond donors (Lipinski definition) is 3. The normalized spacial score (nSPS) is 22.1. The molecule has 0 bridgehead atoms. The zero-order valence-corrected chi connectivity index (χ0v) is 20.3. The second-order valence-electron chi connectivity index (χ2n) is 8.80. The first-order chi connectivity index (χ1) is 17.7. The summed E-state index contributed by atoms with van der Waals surface area (Å²) in [6, 6.07) is 20.4. The highest BCUT2D eigenvalue weighted by Gasteiger charge is 2.36. The van der Waals surface area contributed by atoms with Crippen molar-refractivity contribution in [3.8, 4) is 22.6 Å². The highest BCUT2D eigenvalue weighted by atomic mass is 16.6. The van der Waals surface area contributed by atoms with Crippen molar-refractivity contribution in [2.45, 2.75) is 50.9 Å². The molecular weight excluding hydrogens is 480 g/mol. The van der Waals surface area contributed by atoms with Gasteiger partial charge in [-0.2, -0.15) is 0 Å². The Morgan fingerprint density at radius 1 is 1.08 bits per heavy atom. The lowest BCUT2D eigenvalue weighted by molar-refractivity contribution is -0.385. The van der Waals surface area contributed by atoms with Crippen LogP contribution < -0.4 is 10.1 Å². The van der Waals surface area contributed by atoms with Crippen molar-refractivity contribution < 1.29 is 34.1 Å². The molecule has 0 aliphatic carbocycles. The maximum Gasteiger partial charge on any atom is 0.408 e. The molecule has 1 fully saturated rings. The number of nitrogens with zero attached hydrogens (tertiary/aromatic N) is 1. The zero-order chi connectivity index (χ0) is 26.5. The fourth-order valence-electron chi connectivity index (χ4n) is 4.12. The van der Waals surface area contributed by atoms with E-state index in [-0.39, 0.29) is 17.9 Å². The van der Waals surface area contributed by atoms with Crippen molar-refractivity contribution in [1.82, 2.24) is 5.32 Å². The monoisotopic (exact) mass is 508 g/mol. The van der Waals surface area contributed by atoms with E-state index in [0.29, 0.717) is 11.3 Å². The van der Waals surface area contributed by atoms with Crippen molar-refractivity contribution in [3.05, 3.63) is 88.5 Å². The number of amides is 1. The summed E-state index contributed by atoms with van der Waals surface area (Å²) < 4.78 is 16.4. The van der Waals surface area contributed by atoms with Gasteiger partial charge in [0.2, 0.25) is 5.75 Å². The Bertz CT molecular complexity index is 1230. The lowest BCUT2D eigenvalue weighted by atomic mass is 10.00. The first kappa shape index (κ1) is 26.1. The third-order valence-corrected chi connectivity index (χ3v) is 6.15. The molecule has 0 aromatic heterocycles. The summed E-state index contributed by atoms with van der Waals surface area (Å²) in [6.45, 7) is 3.19. The number of benzene rings is 3. The third kappa shape index (κ3) is 6.42. The topological polar surface area (TPSA) is 140 Å². The van der Waals surface area contributed by atoms with Crippen LogP contribution in [-0.4, -0.2) is 45.8 Å². The van der Waals surface area contributed by atoms with E-state index in [9.17, 15) is 25.1 Å². The summed E-state index contributed by atoms with van der Waals surface area (Å²) >= 11 is 0. The Morgan fingerprint density at radius 3 is 2.43 bits per heavy atom. The molecule has 0 saturated carbocycles. The number of nitro benzene ring substituents is 1. The van der Waals surface area contributed by atoms with Gasteiger partial charge in [0.1, 0.15) is 18.0 Å². The minimum absolute atomic E-state index is 0.00242. The summed E-state index contributed by atoms with van der Waals surface area (Å²) in [5.74, 6) is 0.412. The molecule has 3 N–H and O–H groups in total. The minimum Gasteiger partial charge on any atom is -0.450 e.